The van der Waals surface area contributed by atoms with Crippen molar-refractivity contribution in [2.24, 2.45) is 0 Å². The second-order valence-electron chi connectivity index (χ2n) is 7.32. The lowest BCUT2D eigenvalue weighted by molar-refractivity contribution is 0.0941. The van der Waals surface area contributed by atoms with Gasteiger partial charge >= 0.3 is 0 Å². The summed E-state index contributed by atoms with van der Waals surface area (Å²) in [6.45, 7) is 5.99. The highest BCUT2D eigenvalue weighted by atomic mass is 16.1. The van der Waals surface area contributed by atoms with Crippen LogP contribution in [0, 0.1) is 13.8 Å². The zero-order chi connectivity index (χ0) is 20.4. The number of hydrogen-bond donors (Lipinski definition) is 1. The van der Waals surface area contributed by atoms with E-state index >= 15 is 0 Å². The van der Waals surface area contributed by atoms with Crippen LogP contribution in [-0.2, 0) is 6.42 Å². The summed E-state index contributed by atoms with van der Waals surface area (Å²) >= 11 is 0. The van der Waals surface area contributed by atoms with E-state index in [0.717, 1.165) is 28.9 Å². The van der Waals surface area contributed by atoms with E-state index in [0.29, 0.717) is 11.2 Å². The molecule has 146 valence electrons. The first kappa shape index (κ1) is 18.9. The Hall–Kier alpha value is -3.47. The van der Waals surface area contributed by atoms with Gasteiger partial charge in [-0.3, -0.25) is 4.79 Å². The van der Waals surface area contributed by atoms with Gasteiger partial charge in [-0.25, -0.2) is 9.50 Å². The van der Waals surface area contributed by atoms with Gasteiger partial charge in [-0.1, -0.05) is 60.7 Å². The van der Waals surface area contributed by atoms with E-state index in [2.05, 4.69) is 22.5 Å². The Kier molecular flexibility index (Phi) is 5.12. The van der Waals surface area contributed by atoms with Crippen LogP contribution >= 0.6 is 0 Å². The van der Waals surface area contributed by atoms with Gasteiger partial charge in [0.15, 0.2) is 5.65 Å². The molecule has 0 fully saturated rings. The molecule has 0 radical (unpaired) electrons. The van der Waals surface area contributed by atoms with Crippen molar-refractivity contribution in [1.29, 1.82) is 0 Å². The summed E-state index contributed by atoms with van der Waals surface area (Å²) in [5, 5.41) is 7.51. The molecule has 0 saturated carbocycles. The third-order valence-corrected chi connectivity index (χ3v) is 5.32. The Labute approximate surface area is 170 Å². The average molecular weight is 384 g/mol. The Bertz CT molecular complexity index is 1150. The summed E-state index contributed by atoms with van der Waals surface area (Å²) in [5.74, 6) is -0.168. The van der Waals surface area contributed by atoms with E-state index in [9.17, 15) is 4.79 Å². The van der Waals surface area contributed by atoms with E-state index in [1.807, 2.05) is 69.3 Å². The molecule has 4 aromatic rings. The predicted octanol–water partition coefficient (Wildman–Crippen LogP) is 4.43. The molecular formula is C24H24N4O. The standard InChI is InChI=1S/C24H24N4O/c1-16(20-12-8-5-9-13-20)27-24(29)22-15-25-28-18(3)21(17(2)26-23(22)28)14-19-10-6-4-7-11-19/h4-13,15-16H,14H2,1-3H3,(H,27,29)/t16-/m0/s1. The lowest BCUT2D eigenvalue weighted by Crippen LogP contribution is -2.26. The topological polar surface area (TPSA) is 59.3 Å². The van der Waals surface area contributed by atoms with Gasteiger partial charge in [-0.05, 0) is 37.5 Å². The molecule has 0 spiro atoms. The average Bonchev–Trinajstić information content (AvgIpc) is 3.16. The van der Waals surface area contributed by atoms with Gasteiger partial charge in [0.05, 0.1) is 12.2 Å². The van der Waals surface area contributed by atoms with E-state index in [-0.39, 0.29) is 11.9 Å². The number of rotatable bonds is 5. The summed E-state index contributed by atoms with van der Waals surface area (Å²) in [6, 6.07) is 20.1. The smallest absolute Gasteiger partial charge is 0.257 e. The number of aromatic nitrogens is 3. The number of benzene rings is 2. The summed E-state index contributed by atoms with van der Waals surface area (Å²) in [7, 11) is 0. The number of nitrogens with one attached hydrogen (secondary N) is 1. The van der Waals surface area contributed by atoms with Gasteiger partial charge in [-0.2, -0.15) is 5.10 Å². The lowest BCUT2D eigenvalue weighted by atomic mass is 10.0. The number of aryl methyl sites for hydroxylation is 2. The second-order valence-corrected chi connectivity index (χ2v) is 7.32. The fourth-order valence-corrected chi connectivity index (χ4v) is 3.63. The molecule has 29 heavy (non-hydrogen) atoms. The van der Waals surface area contributed by atoms with Crippen LogP contribution in [0.2, 0.25) is 0 Å². The molecule has 5 nitrogen and oxygen atoms in total. The molecule has 0 aliphatic rings. The van der Waals surface area contributed by atoms with Crippen LogP contribution in [0.25, 0.3) is 5.65 Å². The van der Waals surface area contributed by atoms with E-state index < -0.39 is 0 Å². The third-order valence-electron chi connectivity index (χ3n) is 5.32. The Morgan fingerprint density at radius 2 is 1.69 bits per heavy atom. The largest absolute Gasteiger partial charge is 0.345 e. The number of nitrogens with zero attached hydrogens (tertiary/aromatic N) is 3. The lowest BCUT2D eigenvalue weighted by Gasteiger charge is -2.14. The number of fused-ring (bicyclic) bond motifs is 1. The second kappa shape index (κ2) is 7.87. The first-order valence-electron chi connectivity index (χ1n) is 9.78. The van der Waals surface area contributed by atoms with Crippen LogP contribution in [0.4, 0.5) is 0 Å². The number of amides is 1. The van der Waals surface area contributed by atoms with Gasteiger partial charge in [0, 0.05) is 17.8 Å². The maximum atomic E-state index is 12.9. The van der Waals surface area contributed by atoms with Crippen molar-refractivity contribution in [2.75, 3.05) is 0 Å². The Morgan fingerprint density at radius 1 is 1.03 bits per heavy atom. The minimum Gasteiger partial charge on any atom is -0.345 e. The van der Waals surface area contributed by atoms with Crippen LogP contribution in [0.15, 0.2) is 66.9 Å². The molecule has 0 unspecified atom stereocenters. The molecule has 1 amide bonds. The summed E-state index contributed by atoms with van der Waals surface area (Å²) in [5.41, 5.74) is 6.43. The number of carbonyl (C=O) groups is 1. The maximum absolute atomic E-state index is 12.9. The molecule has 4 rings (SSSR count). The highest BCUT2D eigenvalue weighted by Gasteiger charge is 2.20. The molecule has 1 N–H and O–H groups in total. The van der Waals surface area contributed by atoms with Crippen molar-refractivity contribution in [2.45, 2.75) is 33.2 Å². The van der Waals surface area contributed by atoms with Crippen molar-refractivity contribution in [1.82, 2.24) is 19.9 Å². The van der Waals surface area contributed by atoms with Crippen molar-refractivity contribution in [3.8, 4) is 0 Å². The number of hydrogen-bond acceptors (Lipinski definition) is 3. The van der Waals surface area contributed by atoms with Gasteiger partial charge < -0.3 is 5.32 Å². The third kappa shape index (κ3) is 3.76. The molecule has 1 atom stereocenters. The molecule has 0 saturated heterocycles. The highest BCUT2D eigenvalue weighted by molar-refractivity contribution is 5.99. The monoisotopic (exact) mass is 384 g/mol. The highest BCUT2D eigenvalue weighted by Crippen LogP contribution is 2.21. The van der Waals surface area contributed by atoms with Crippen molar-refractivity contribution < 1.29 is 4.79 Å². The molecule has 2 aromatic heterocycles. The van der Waals surface area contributed by atoms with E-state index in [4.69, 9.17) is 4.98 Å². The Balaban J connectivity index is 1.64. The van der Waals surface area contributed by atoms with Crippen LogP contribution in [0.5, 0.6) is 0 Å². The SMILES string of the molecule is Cc1nc2c(C(=O)N[C@@H](C)c3ccccc3)cnn2c(C)c1Cc1ccccc1. The van der Waals surface area contributed by atoms with Crippen molar-refractivity contribution in [3.63, 3.8) is 0 Å². The van der Waals surface area contributed by atoms with Crippen LogP contribution < -0.4 is 5.32 Å². The molecule has 5 heteroatoms. The van der Waals surface area contributed by atoms with E-state index in [1.54, 1.807) is 10.7 Å². The molecule has 0 aliphatic heterocycles. The molecule has 0 bridgehead atoms. The fourth-order valence-electron chi connectivity index (χ4n) is 3.63. The predicted molar refractivity (Wildman–Crippen MR) is 114 cm³/mol. The van der Waals surface area contributed by atoms with Gasteiger partial charge in [0.25, 0.3) is 5.91 Å². The van der Waals surface area contributed by atoms with E-state index in [1.165, 1.54) is 5.56 Å². The number of carbonyl (C=O) groups excluding carboxylic acids is 1. The summed E-state index contributed by atoms with van der Waals surface area (Å²) < 4.78 is 1.77. The first-order valence-corrected chi connectivity index (χ1v) is 9.78. The van der Waals surface area contributed by atoms with Crippen molar-refractivity contribution in [3.05, 3.63) is 101 Å². The zero-order valence-electron chi connectivity index (χ0n) is 16.9. The maximum Gasteiger partial charge on any atom is 0.257 e. The first-order chi connectivity index (χ1) is 14.0. The minimum atomic E-state index is -0.168. The van der Waals surface area contributed by atoms with Gasteiger partial charge in [-0.15, -0.1) is 0 Å². The minimum absolute atomic E-state index is 0.0989. The van der Waals surface area contributed by atoms with Gasteiger partial charge in [0.2, 0.25) is 0 Å². The zero-order valence-corrected chi connectivity index (χ0v) is 16.9. The summed E-state index contributed by atoms with van der Waals surface area (Å²) in [6.07, 6.45) is 2.39. The normalized spacial score (nSPS) is 12.1. The fraction of sp³-hybridized carbons (Fsp3) is 0.208. The Morgan fingerprint density at radius 3 is 2.38 bits per heavy atom. The summed E-state index contributed by atoms with van der Waals surface area (Å²) in [4.78, 5) is 17.6. The molecule has 0 aliphatic carbocycles. The van der Waals surface area contributed by atoms with Crippen LogP contribution in [0.3, 0.4) is 0 Å². The van der Waals surface area contributed by atoms with Crippen LogP contribution in [-0.4, -0.2) is 20.5 Å². The quantitative estimate of drug-likeness (QED) is 0.554. The molecular weight excluding hydrogens is 360 g/mol. The van der Waals surface area contributed by atoms with Gasteiger partial charge in [0.1, 0.15) is 5.56 Å². The molecule has 2 aromatic carbocycles. The molecule has 2 heterocycles. The van der Waals surface area contributed by atoms with Crippen LogP contribution in [0.1, 0.15) is 51.4 Å². The van der Waals surface area contributed by atoms with Crippen molar-refractivity contribution >= 4 is 11.6 Å².